The van der Waals surface area contributed by atoms with Gasteiger partial charge in [0.2, 0.25) is 5.75 Å². The highest BCUT2D eigenvalue weighted by Gasteiger charge is 2.22. The van der Waals surface area contributed by atoms with Gasteiger partial charge in [0.25, 0.3) is 0 Å². The lowest BCUT2D eigenvalue weighted by Gasteiger charge is -2.06. The van der Waals surface area contributed by atoms with E-state index in [0.717, 1.165) is 0 Å². The number of para-hydroxylation sites is 1. The zero-order valence-corrected chi connectivity index (χ0v) is 8.97. The summed E-state index contributed by atoms with van der Waals surface area (Å²) >= 11 is 0. The van der Waals surface area contributed by atoms with Gasteiger partial charge in [-0.3, -0.25) is 10.1 Å². The normalized spacial score (nSPS) is 9.00. The molecule has 1 rings (SSSR count). The standard InChI is InChI=1S/C11H9NO5/c1-2-3-7-17-10-8(11(13)14)5-4-6-9(10)12(15)16/h4-6H,7H2,1H3,(H,13,14). The monoisotopic (exact) mass is 235 g/mol. The highest BCUT2D eigenvalue weighted by molar-refractivity contribution is 5.92. The molecule has 1 N–H and O–H groups in total. The van der Waals surface area contributed by atoms with E-state index in [4.69, 9.17) is 9.84 Å². The second-order valence-corrected chi connectivity index (χ2v) is 2.93. The van der Waals surface area contributed by atoms with Gasteiger partial charge >= 0.3 is 11.7 Å². The molecule has 0 aromatic heterocycles. The van der Waals surface area contributed by atoms with Crippen LogP contribution in [0.4, 0.5) is 5.69 Å². The molecule has 0 saturated heterocycles. The van der Waals surface area contributed by atoms with Crippen LogP contribution < -0.4 is 4.74 Å². The molecule has 0 heterocycles. The Morgan fingerprint density at radius 3 is 2.82 bits per heavy atom. The number of carboxylic acid groups (broad SMARTS) is 1. The molecule has 0 unspecified atom stereocenters. The second kappa shape index (κ2) is 5.51. The van der Waals surface area contributed by atoms with Crippen molar-refractivity contribution in [3.63, 3.8) is 0 Å². The average molecular weight is 235 g/mol. The molecule has 0 atom stereocenters. The van der Waals surface area contributed by atoms with Crippen LogP contribution >= 0.6 is 0 Å². The van der Waals surface area contributed by atoms with Gasteiger partial charge in [0, 0.05) is 6.07 Å². The quantitative estimate of drug-likeness (QED) is 0.487. The van der Waals surface area contributed by atoms with E-state index in [1.54, 1.807) is 6.92 Å². The largest absolute Gasteiger partial charge is 0.478 e. The summed E-state index contributed by atoms with van der Waals surface area (Å²) in [4.78, 5) is 20.9. The molecule has 0 aliphatic carbocycles. The van der Waals surface area contributed by atoms with Gasteiger partial charge in [-0.15, -0.1) is 5.92 Å². The predicted molar refractivity (Wildman–Crippen MR) is 59.0 cm³/mol. The van der Waals surface area contributed by atoms with E-state index < -0.39 is 10.9 Å². The van der Waals surface area contributed by atoms with Crippen molar-refractivity contribution >= 4 is 11.7 Å². The summed E-state index contributed by atoms with van der Waals surface area (Å²) in [5.41, 5.74) is -0.639. The molecule has 0 fully saturated rings. The highest BCUT2D eigenvalue weighted by atomic mass is 16.6. The number of nitrogens with zero attached hydrogens (tertiary/aromatic N) is 1. The maximum Gasteiger partial charge on any atom is 0.339 e. The minimum absolute atomic E-state index is 0.0956. The van der Waals surface area contributed by atoms with E-state index >= 15 is 0 Å². The number of nitro benzene ring substituents is 1. The number of hydrogen-bond acceptors (Lipinski definition) is 4. The molecule has 1 aromatic carbocycles. The van der Waals surface area contributed by atoms with Gasteiger partial charge in [-0.2, -0.15) is 0 Å². The highest BCUT2D eigenvalue weighted by Crippen LogP contribution is 2.30. The molecule has 0 aliphatic heterocycles. The van der Waals surface area contributed by atoms with Crippen molar-refractivity contribution in [3.05, 3.63) is 33.9 Å². The van der Waals surface area contributed by atoms with Crippen molar-refractivity contribution in [3.8, 4) is 17.6 Å². The van der Waals surface area contributed by atoms with E-state index in [1.807, 2.05) is 0 Å². The first kappa shape index (κ1) is 12.5. The number of rotatable bonds is 4. The number of aromatic carboxylic acids is 1. The third-order valence-corrected chi connectivity index (χ3v) is 1.89. The van der Waals surface area contributed by atoms with Crippen molar-refractivity contribution in [1.82, 2.24) is 0 Å². The molecule has 6 nitrogen and oxygen atoms in total. The molecule has 0 bridgehead atoms. The Labute approximate surface area is 97.0 Å². The van der Waals surface area contributed by atoms with Gasteiger partial charge < -0.3 is 9.84 Å². The maximum absolute atomic E-state index is 10.9. The van der Waals surface area contributed by atoms with Crippen LogP contribution in [0.25, 0.3) is 0 Å². The van der Waals surface area contributed by atoms with Gasteiger partial charge in [0.1, 0.15) is 12.2 Å². The summed E-state index contributed by atoms with van der Waals surface area (Å²) in [6.45, 7) is 1.49. The third kappa shape index (κ3) is 2.95. The summed E-state index contributed by atoms with van der Waals surface area (Å²) < 4.78 is 5.04. The van der Waals surface area contributed by atoms with E-state index in [-0.39, 0.29) is 23.6 Å². The molecule has 0 spiro atoms. The lowest BCUT2D eigenvalue weighted by atomic mass is 10.2. The summed E-state index contributed by atoms with van der Waals surface area (Å²) in [7, 11) is 0. The number of hydrogen-bond donors (Lipinski definition) is 1. The molecule has 17 heavy (non-hydrogen) atoms. The molecule has 88 valence electrons. The minimum Gasteiger partial charge on any atom is -0.478 e. The smallest absolute Gasteiger partial charge is 0.339 e. The van der Waals surface area contributed by atoms with Crippen LogP contribution in [0.1, 0.15) is 17.3 Å². The van der Waals surface area contributed by atoms with Crippen LogP contribution in [0.15, 0.2) is 18.2 Å². The van der Waals surface area contributed by atoms with Crippen LogP contribution in [0.5, 0.6) is 5.75 Å². The van der Waals surface area contributed by atoms with Crippen molar-refractivity contribution in [1.29, 1.82) is 0 Å². The van der Waals surface area contributed by atoms with Crippen LogP contribution in [-0.2, 0) is 0 Å². The topological polar surface area (TPSA) is 89.7 Å². The summed E-state index contributed by atoms with van der Waals surface area (Å²) in [5, 5.41) is 19.6. The van der Waals surface area contributed by atoms with Crippen molar-refractivity contribution in [2.45, 2.75) is 6.92 Å². The number of carboxylic acids is 1. The van der Waals surface area contributed by atoms with Gasteiger partial charge in [-0.25, -0.2) is 4.79 Å². The summed E-state index contributed by atoms with van der Waals surface area (Å²) in [6, 6.07) is 3.71. The van der Waals surface area contributed by atoms with E-state index in [0.29, 0.717) is 0 Å². The Hall–Kier alpha value is -2.55. The first-order chi connectivity index (χ1) is 8.07. The van der Waals surface area contributed by atoms with Crippen molar-refractivity contribution in [2.24, 2.45) is 0 Å². The lowest BCUT2D eigenvalue weighted by Crippen LogP contribution is -2.06. The molecule has 1 aromatic rings. The second-order valence-electron chi connectivity index (χ2n) is 2.93. The van der Waals surface area contributed by atoms with Crippen LogP contribution in [0, 0.1) is 22.0 Å². The van der Waals surface area contributed by atoms with Gasteiger partial charge in [-0.1, -0.05) is 12.0 Å². The average Bonchev–Trinajstić information content (AvgIpc) is 2.28. The SMILES string of the molecule is CC#CCOc1c(C(=O)O)cccc1[N+](=O)[O-]. The van der Waals surface area contributed by atoms with Gasteiger partial charge in [0.15, 0.2) is 0 Å². The van der Waals surface area contributed by atoms with E-state index in [2.05, 4.69) is 11.8 Å². The van der Waals surface area contributed by atoms with Crippen LogP contribution in [-0.4, -0.2) is 22.6 Å². The predicted octanol–water partition coefficient (Wildman–Crippen LogP) is 1.70. The van der Waals surface area contributed by atoms with Crippen LogP contribution in [0.3, 0.4) is 0 Å². The Morgan fingerprint density at radius 2 is 2.29 bits per heavy atom. The Balaban J connectivity index is 3.21. The fourth-order valence-electron chi connectivity index (χ4n) is 1.17. The van der Waals surface area contributed by atoms with Gasteiger partial charge in [0.05, 0.1) is 4.92 Å². The molecule has 6 heteroatoms. The molecular formula is C11H9NO5. The molecule has 0 radical (unpaired) electrons. The Kier molecular flexibility index (Phi) is 4.06. The summed E-state index contributed by atoms with van der Waals surface area (Å²) in [6.07, 6.45) is 0. The molecular weight excluding hydrogens is 226 g/mol. The minimum atomic E-state index is -1.28. The fourth-order valence-corrected chi connectivity index (χ4v) is 1.17. The first-order valence-corrected chi connectivity index (χ1v) is 4.61. The third-order valence-electron chi connectivity index (χ3n) is 1.89. The Morgan fingerprint density at radius 1 is 1.59 bits per heavy atom. The van der Waals surface area contributed by atoms with Crippen LogP contribution in [0.2, 0.25) is 0 Å². The number of carbonyl (C=O) groups is 1. The number of ether oxygens (including phenoxy) is 1. The zero-order valence-electron chi connectivity index (χ0n) is 8.97. The zero-order chi connectivity index (χ0) is 12.8. The fraction of sp³-hybridized carbons (Fsp3) is 0.182. The molecule has 0 amide bonds. The van der Waals surface area contributed by atoms with Gasteiger partial charge in [-0.05, 0) is 13.0 Å². The number of nitro groups is 1. The maximum atomic E-state index is 10.9. The number of benzene rings is 1. The molecule has 0 saturated carbocycles. The first-order valence-electron chi connectivity index (χ1n) is 4.61. The van der Waals surface area contributed by atoms with Crippen molar-refractivity contribution < 1.29 is 19.6 Å². The molecule has 0 aliphatic rings. The van der Waals surface area contributed by atoms with E-state index in [1.165, 1.54) is 18.2 Å². The lowest BCUT2D eigenvalue weighted by molar-refractivity contribution is -0.385. The van der Waals surface area contributed by atoms with E-state index in [9.17, 15) is 14.9 Å². The Bertz CT molecular complexity index is 480. The summed E-state index contributed by atoms with van der Waals surface area (Å²) in [5.74, 6) is 3.53. The van der Waals surface area contributed by atoms with Crippen molar-refractivity contribution in [2.75, 3.05) is 6.61 Å².